The molecule has 2 aliphatic carbocycles. The predicted molar refractivity (Wildman–Crippen MR) is 149 cm³/mol. The zero-order chi connectivity index (χ0) is 27.0. The molecule has 0 bridgehead atoms. The number of esters is 1. The molecule has 1 fully saturated rings. The van der Waals surface area contributed by atoms with Crippen molar-refractivity contribution in [2.45, 2.75) is 90.6 Å². The monoisotopic (exact) mass is 513 g/mol. The van der Waals surface area contributed by atoms with Crippen molar-refractivity contribution >= 4 is 11.8 Å². The van der Waals surface area contributed by atoms with Crippen molar-refractivity contribution in [2.75, 3.05) is 0 Å². The number of rotatable bonds is 6. The van der Waals surface area contributed by atoms with Crippen LogP contribution in [-0.4, -0.2) is 23.0 Å². The molecule has 0 amide bonds. The summed E-state index contributed by atoms with van der Waals surface area (Å²) in [7, 11) is 0. The molecule has 2 unspecified atom stereocenters. The summed E-state index contributed by atoms with van der Waals surface area (Å²) in [4.78, 5) is 27.9. The van der Waals surface area contributed by atoms with Gasteiger partial charge in [-0.2, -0.15) is 0 Å². The molecule has 1 aliphatic heterocycles. The van der Waals surface area contributed by atoms with Crippen LogP contribution in [-0.2, 0) is 14.3 Å². The minimum Gasteiger partial charge on any atom is -0.508 e. The number of Topliss-reactive ketones (excluding diaryl/α,β-unsaturated/α-hetero) is 1. The molecule has 5 rings (SSSR count). The first-order chi connectivity index (χ1) is 18.2. The van der Waals surface area contributed by atoms with Crippen LogP contribution in [0, 0.1) is 19.8 Å². The van der Waals surface area contributed by atoms with Crippen LogP contribution in [0.3, 0.4) is 0 Å². The minimum absolute atomic E-state index is 0.0505. The van der Waals surface area contributed by atoms with E-state index in [1.54, 1.807) is 18.2 Å². The molecule has 0 radical (unpaired) electrons. The third kappa shape index (κ3) is 5.16. The maximum Gasteiger partial charge on any atom is 0.337 e. The number of aromatic hydroxyl groups is 1. The van der Waals surface area contributed by atoms with Gasteiger partial charge in [0.05, 0.1) is 5.57 Å². The van der Waals surface area contributed by atoms with E-state index >= 15 is 0 Å². The Morgan fingerprint density at radius 2 is 1.74 bits per heavy atom. The highest BCUT2D eigenvalue weighted by Crippen LogP contribution is 2.48. The number of carbonyl (C=O) groups is 2. The topological polar surface area (TPSA) is 75.6 Å². The zero-order valence-corrected chi connectivity index (χ0v) is 23.0. The number of phenols is 1. The standard InChI is InChI=1S/C33H39NO4/c1-19(2)15-26-32(33(37)38-25-13-5-6-14-25)30(22-11-8-12-24(35)16-22)31-27(34-26)17-23(18-28(31)36)29-20(3)9-7-10-21(29)4/h7-12,16,19,23,25,30,34-35H,5-6,13-15,17-18H2,1-4H3. The molecule has 5 nitrogen and oxygen atoms in total. The smallest absolute Gasteiger partial charge is 0.337 e. The van der Waals surface area contributed by atoms with Gasteiger partial charge in [0.1, 0.15) is 11.9 Å². The molecule has 5 heteroatoms. The number of benzene rings is 2. The second-order valence-electron chi connectivity index (χ2n) is 11.7. The van der Waals surface area contributed by atoms with E-state index in [0.29, 0.717) is 36.3 Å². The SMILES string of the molecule is Cc1cccc(C)c1C1CC(=O)C2=C(C1)NC(CC(C)C)=C(C(=O)OC1CCCC1)C2c1cccc(O)c1. The third-order valence-electron chi connectivity index (χ3n) is 8.27. The molecule has 3 aliphatic rings. The van der Waals surface area contributed by atoms with Crippen molar-refractivity contribution in [1.29, 1.82) is 0 Å². The molecular weight excluding hydrogens is 474 g/mol. The van der Waals surface area contributed by atoms with Crippen molar-refractivity contribution < 1.29 is 19.4 Å². The average Bonchev–Trinajstić information content (AvgIpc) is 3.35. The fourth-order valence-electron chi connectivity index (χ4n) is 6.70. The van der Waals surface area contributed by atoms with E-state index < -0.39 is 5.92 Å². The number of phenolic OH excluding ortho intramolecular Hbond substituents is 1. The minimum atomic E-state index is -0.563. The van der Waals surface area contributed by atoms with Gasteiger partial charge in [-0.05, 0) is 98.6 Å². The number of ketones is 1. The van der Waals surface area contributed by atoms with Crippen LogP contribution < -0.4 is 5.32 Å². The van der Waals surface area contributed by atoms with Crippen molar-refractivity contribution in [2.24, 2.45) is 5.92 Å². The second-order valence-corrected chi connectivity index (χ2v) is 11.7. The molecule has 0 saturated heterocycles. The molecule has 2 atom stereocenters. The summed E-state index contributed by atoms with van der Waals surface area (Å²) < 4.78 is 6.05. The van der Waals surface area contributed by atoms with Gasteiger partial charge in [0.15, 0.2) is 5.78 Å². The number of hydrogen-bond acceptors (Lipinski definition) is 5. The van der Waals surface area contributed by atoms with Crippen LogP contribution in [0.5, 0.6) is 5.75 Å². The van der Waals surface area contributed by atoms with Crippen LogP contribution in [0.25, 0.3) is 0 Å². The summed E-state index contributed by atoms with van der Waals surface area (Å²) in [5, 5.41) is 14.0. The van der Waals surface area contributed by atoms with Crippen LogP contribution in [0.2, 0.25) is 0 Å². The summed E-state index contributed by atoms with van der Waals surface area (Å²) in [5.74, 6) is -0.361. The molecule has 38 heavy (non-hydrogen) atoms. The van der Waals surface area contributed by atoms with Crippen LogP contribution >= 0.6 is 0 Å². The van der Waals surface area contributed by atoms with Gasteiger partial charge in [-0.15, -0.1) is 0 Å². The maximum absolute atomic E-state index is 14.0. The number of carbonyl (C=O) groups excluding carboxylic acids is 2. The van der Waals surface area contributed by atoms with Crippen molar-refractivity contribution in [3.63, 3.8) is 0 Å². The third-order valence-corrected chi connectivity index (χ3v) is 8.27. The molecule has 0 spiro atoms. The highest BCUT2D eigenvalue weighted by atomic mass is 16.5. The number of ether oxygens (including phenoxy) is 1. The predicted octanol–water partition coefficient (Wildman–Crippen LogP) is 6.88. The molecule has 200 valence electrons. The highest BCUT2D eigenvalue weighted by molar-refractivity contribution is 6.04. The summed E-state index contributed by atoms with van der Waals surface area (Å²) >= 11 is 0. The fourth-order valence-corrected chi connectivity index (χ4v) is 6.70. The Morgan fingerprint density at radius 3 is 2.39 bits per heavy atom. The Kier molecular flexibility index (Phi) is 7.47. The summed E-state index contributed by atoms with van der Waals surface area (Å²) in [6.07, 6.45) is 5.59. The molecule has 0 aromatic heterocycles. The van der Waals surface area contributed by atoms with Gasteiger partial charge in [-0.3, -0.25) is 4.79 Å². The van der Waals surface area contributed by atoms with Gasteiger partial charge < -0.3 is 15.2 Å². The van der Waals surface area contributed by atoms with Crippen LogP contribution in [0.1, 0.15) is 92.9 Å². The lowest BCUT2D eigenvalue weighted by Gasteiger charge is -2.38. The Balaban J connectivity index is 1.62. The molecule has 2 N–H and O–H groups in total. The molecule has 1 saturated carbocycles. The Labute approximate surface area is 226 Å². The summed E-state index contributed by atoms with van der Waals surface area (Å²) in [6.45, 7) is 8.49. The largest absolute Gasteiger partial charge is 0.508 e. The molecule has 1 heterocycles. The van der Waals surface area contributed by atoms with E-state index in [4.69, 9.17) is 4.74 Å². The van der Waals surface area contributed by atoms with E-state index in [-0.39, 0.29) is 29.5 Å². The summed E-state index contributed by atoms with van der Waals surface area (Å²) in [5.41, 5.74) is 7.29. The van der Waals surface area contributed by atoms with Crippen molar-refractivity contribution in [3.8, 4) is 5.75 Å². The Bertz CT molecular complexity index is 1290. The quantitative estimate of drug-likeness (QED) is 0.412. The Morgan fingerprint density at radius 1 is 1.05 bits per heavy atom. The van der Waals surface area contributed by atoms with E-state index in [9.17, 15) is 14.7 Å². The second kappa shape index (κ2) is 10.8. The van der Waals surface area contributed by atoms with Gasteiger partial charge in [0.2, 0.25) is 0 Å². The van der Waals surface area contributed by atoms with Crippen molar-refractivity contribution in [1.82, 2.24) is 5.32 Å². The van der Waals surface area contributed by atoms with E-state index in [1.807, 2.05) is 6.07 Å². The molecule has 2 aromatic carbocycles. The normalized spacial score (nSPS) is 22.1. The number of dihydropyridines is 1. The van der Waals surface area contributed by atoms with E-state index in [0.717, 1.165) is 42.6 Å². The van der Waals surface area contributed by atoms with Crippen LogP contribution in [0.4, 0.5) is 0 Å². The first-order valence-electron chi connectivity index (χ1n) is 14.0. The number of hydrogen-bond donors (Lipinski definition) is 2. The first-order valence-corrected chi connectivity index (χ1v) is 14.0. The number of nitrogens with one attached hydrogen (secondary N) is 1. The highest BCUT2D eigenvalue weighted by Gasteiger charge is 2.43. The summed E-state index contributed by atoms with van der Waals surface area (Å²) in [6, 6.07) is 13.3. The van der Waals surface area contributed by atoms with Crippen molar-refractivity contribution in [3.05, 3.63) is 87.3 Å². The van der Waals surface area contributed by atoms with Gasteiger partial charge in [0, 0.05) is 29.3 Å². The average molecular weight is 514 g/mol. The van der Waals surface area contributed by atoms with Gasteiger partial charge in [-0.1, -0.05) is 44.2 Å². The lowest BCUT2D eigenvalue weighted by Crippen LogP contribution is -2.37. The molecular formula is C33H39NO4. The van der Waals surface area contributed by atoms with E-state index in [2.05, 4.69) is 51.2 Å². The number of allylic oxidation sites excluding steroid dienone is 3. The van der Waals surface area contributed by atoms with Gasteiger partial charge >= 0.3 is 5.97 Å². The lowest BCUT2D eigenvalue weighted by atomic mass is 9.70. The lowest BCUT2D eigenvalue weighted by molar-refractivity contribution is -0.144. The van der Waals surface area contributed by atoms with Gasteiger partial charge in [-0.25, -0.2) is 4.79 Å². The van der Waals surface area contributed by atoms with Gasteiger partial charge in [0.25, 0.3) is 0 Å². The maximum atomic E-state index is 14.0. The van der Waals surface area contributed by atoms with E-state index in [1.165, 1.54) is 16.7 Å². The van der Waals surface area contributed by atoms with Crippen LogP contribution in [0.15, 0.2) is 65.0 Å². The first kappa shape index (κ1) is 26.3. The fraction of sp³-hybridized carbons (Fsp3) is 0.455. The number of aryl methyl sites for hydroxylation is 2. The Hall–Kier alpha value is -3.34. The zero-order valence-electron chi connectivity index (χ0n) is 23.0. The molecule has 2 aromatic rings.